The van der Waals surface area contributed by atoms with Crippen LogP contribution in [0, 0.1) is 87.4 Å². The zero-order valence-corrected chi connectivity index (χ0v) is 49.4. The minimum Gasteiger partial charge on any atom is -0.345 e. The van der Waals surface area contributed by atoms with Crippen LogP contribution >= 0.6 is 0 Å². The number of nitrogens with zero attached hydrogens (tertiary/aromatic N) is 6. The summed E-state index contributed by atoms with van der Waals surface area (Å²) in [4.78, 5) is 26.4. The minimum atomic E-state index is -0.826. The van der Waals surface area contributed by atoms with Crippen molar-refractivity contribution in [3.63, 3.8) is 0 Å². The molecule has 0 unspecified atom stereocenters. The molecule has 6 aromatic carbocycles. The molecule has 12 rings (SSSR count). The molecule has 0 spiro atoms. The van der Waals surface area contributed by atoms with E-state index in [1.54, 1.807) is 0 Å². The molecule has 12 aromatic rings. The molecule has 6 heterocycles. The number of hydrogen-bond donors (Lipinski definition) is 0. The van der Waals surface area contributed by atoms with Crippen molar-refractivity contribution < 1.29 is 57.8 Å². The molecule has 0 radical (unpaired) electrons. The third kappa shape index (κ3) is 15.8. The van der Waals surface area contributed by atoms with Gasteiger partial charge in [-0.3, -0.25) is 37.5 Å². The predicted molar refractivity (Wildman–Crippen MR) is 308 cm³/mol. The Morgan fingerprint density at radius 3 is 0.902 bits per heavy atom. The van der Waals surface area contributed by atoms with Crippen LogP contribution in [0.25, 0.3) is 90.1 Å². The molecule has 404 valence electrons. The van der Waals surface area contributed by atoms with Gasteiger partial charge in [0.2, 0.25) is 0 Å². The first-order chi connectivity index (χ1) is 39.0. The second-order valence-corrected chi connectivity index (χ2v) is 18.1. The Balaban J connectivity index is 0.000000156. The fraction of sp³-hybridized carbons (Fsp3) is 0.0571. The van der Waals surface area contributed by atoms with Crippen LogP contribution in [0.5, 0.6) is 0 Å². The van der Waals surface area contributed by atoms with E-state index in [2.05, 4.69) is 106 Å². The Labute approximate surface area is 502 Å². The molecule has 0 saturated heterocycles. The third-order valence-electron chi connectivity index (χ3n) is 12.3. The average molecular weight is 1430 g/mol. The van der Waals surface area contributed by atoms with Crippen molar-refractivity contribution in [2.45, 2.75) is 27.7 Å². The van der Waals surface area contributed by atoms with Gasteiger partial charge < -0.3 is 9.97 Å². The van der Waals surface area contributed by atoms with Gasteiger partial charge >= 0.3 is 40.2 Å². The molecule has 0 saturated carbocycles. The van der Waals surface area contributed by atoms with Gasteiger partial charge in [-0.2, -0.15) is 0 Å². The molecule has 0 atom stereocenters. The van der Waals surface area contributed by atoms with Crippen molar-refractivity contribution in [1.82, 2.24) is 29.9 Å². The maximum Gasteiger partial charge on any atom is 3.00 e. The Hall–Kier alpha value is -8.76. The molecule has 0 amide bonds. The van der Waals surface area contributed by atoms with E-state index in [1.807, 2.05) is 164 Å². The van der Waals surface area contributed by atoms with Gasteiger partial charge in [0.05, 0.1) is 0 Å². The molecule has 6 nitrogen and oxygen atoms in total. The van der Waals surface area contributed by atoms with Gasteiger partial charge in [-0.15, -0.1) is 143 Å². The van der Waals surface area contributed by atoms with E-state index in [0.717, 1.165) is 79.7 Å². The van der Waals surface area contributed by atoms with E-state index in [4.69, 9.17) is 0 Å². The minimum absolute atomic E-state index is 0. The van der Waals surface area contributed by atoms with Crippen molar-refractivity contribution in [1.29, 1.82) is 0 Å². The number of hydrogen-bond acceptors (Lipinski definition) is 6. The number of rotatable bonds is 8. The van der Waals surface area contributed by atoms with E-state index in [-0.39, 0.29) is 62.7 Å². The summed E-state index contributed by atoms with van der Waals surface area (Å²) in [5.41, 5.74) is 16.8. The van der Waals surface area contributed by atoms with Crippen LogP contribution in [0.4, 0.5) is 17.6 Å². The predicted octanol–water partition coefficient (Wildman–Crippen LogP) is 17.0. The molecule has 12 heteroatoms. The zero-order valence-electron chi connectivity index (χ0n) is 44.6. The first kappa shape index (κ1) is 60.9. The first-order valence-electron chi connectivity index (χ1n) is 25.3. The summed E-state index contributed by atoms with van der Waals surface area (Å²) in [5, 5.41) is 0. The molecule has 82 heavy (non-hydrogen) atoms. The second kappa shape index (κ2) is 29.6. The Kier molecular flexibility index (Phi) is 22.0. The van der Waals surface area contributed by atoms with Gasteiger partial charge in [-0.25, -0.2) is 0 Å². The van der Waals surface area contributed by atoms with Crippen LogP contribution < -0.4 is 0 Å². The van der Waals surface area contributed by atoms with E-state index in [1.165, 1.54) is 40.5 Å². The molecule has 0 aliphatic rings. The van der Waals surface area contributed by atoms with Crippen LogP contribution in [0.15, 0.2) is 219 Å². The third-order valence-corrected chi connectivity index (χ3v) is 12.3. The fourth-order valence-electron chi connectivity index (χ4n) is 8.52. The topological polar surface area (TPSA) is 77.3 Å². The zero-order chi connectivity index (χ0) is 55.8. The van der Waals surface area contributed by atoms with Gasteiger partial charge in [0.15, 0.2) is 0 Å². The molecule has 6 aromatic heterocycles. The SMILES string of the molecule is Cc1cc(C)c(-c2ccccn2)[c-]c1-c1ccccn1.Cc1cc(C)c(-c2ccccn2)[c-]c1-c1ccccn1.Fc1c[c-]c(-c2cccc(-c3[c-]cc(F)cc3F)n2)c(F)c1.[Ir+3].[Ir+3].[c-]1ccccc1-c1cccc(-c2[c-]cccc2)n1. The van der Waals surface area contributed by atoms with Gasteiger partial charge in [0.25, 0.3) is 0 Å². The number of halogens is 4. The van der Waals surface area contributed by atoms with E-state index in [0.29, 0.717) is 12.1 Å². The number of aromatic nitrogens is 6. The standard InChI is InChI=1S/2C18H15N2.C17H7F4N.C17H11N.2Ir/c2*1-13-11-14(2)16(18-8-4-6-10-20-18)12-15(13)17-7-3-5-9-19-17;18-10-4-6-12(14(20)8-10)16-2-1-3-17(22-16)13-7-5-11(19)9-15(13)21;1-3-8-14(9-4-1)16-12-7-13-17(18-16)15-10-5-2-6-11-15;;/h2*3-11H,1-2H3;1-5,8-9H;1-8,10,12-13H;;/q2*-1;2*-2;2*+3. The van der Waals surface area contributed by atoms with Crippen LogP contribution in [0.2, 0.25) is 0 Å². The van der Waals surface area contributed by atoms with Crippen LogP contribution in [-0.2, 0) is 40.2 Å². The summed E-state index contributed by atoms with van der Waals surface area (Å²) < 4.78 is 53.4. The number of aryl methyl sites for hydroxylation is 4. The van der Waals surface area contributed by atoms with E-state index >= 15 is 0 Å². The van der Waals surface area contributed by atoms with Crippen LogP contribution in [-0.4, -0.2) is 29.9 Å². The van der Waals surface area contributed by atoms with Gasteiger partial charge in [0.1, 0.15) is 0 Å². The quantitative estimate of drug-likeness (QED) is 0.111. The number of benzene rings is 6. The Bertz CT molecular complexity index is 3600. The van der Waals surface area contributed by atoms with Crippen molar-refractivity contribution in [3.8, 4) is 90.1 Å². The smallest absolute Gasteiger partial charge is 0.345 e. The summed E-state index contributed by atoms with van der Waals surface area (Å²) >= 11 is 0. The Morgan fingerprint density at radius 2 is 0.610 bits per heavy atom. The van der Waals surface area contributed by atoms with Crippen molar-refractivity contribution in [2.75, 3.05) is 0 Å². The summed E-state index contributed by atoms with van der Waals surface area (Å²) in [6.07, 6.45) is 7.23. The fourth-order valence-corrected chi connectivity index (χ4v) is 8.52. The summed E-state index contributed by atoms with van der Waals surface area (Å²) in [6, 6.07) is 76.0. The monoisotopic (exact) mass is 1430 g/mol. The summed E-state index contributed by atoms with van der Waals surface area (Å²) in [7, 11) is 0. The molecule has 0 aliphatic heterocycles. The molecular weight excluding hydrogens is 1390 g/mol. The summed E-state index contributed by atoms with van der Waals surface area (Å²) in [6.45, 7) is 8.37. The van der Waals surface area contributed by atoms with Gasteiger partial charge in [-0.1, -0.05) is 158 Å². The van der Waals surface area contributed by atoms with E-state index in [9.17, 15) is 17.6 Å². The molecular formula is C70H48F4Ir2N6. The van der Waals surface area contributed by atoms with E-state index < -0.39 is 23.3 Å². The first-order valence-corrected chi connectivity index (χ1v) is 25.3. The average Bonchev–Trinajstić information content (AvgIpc) is 3.69. The summed E-state index contributed by atoms with van der Waals surface area (Å²) in [5.74, 6) is -3.16. The molecule has 0 N–H and O–H groups in total. The largest absolute Gasteiger partial charge is 3.00 e. The molecule has 0 aliphatic carbocycles. The molecule has 0 bridgehead atoms. The van der Waals surface area contributed by atoms with Gasteiger partial charge in [-0.05, 0) is 47.0 Å². The second-order valence-electron chi connectivity index (χ2n) is 18.1. The van der Waals surface area contributed by atoms with Crippen LogP contribution in [0.1, 0.15) is 22.3 Å². The maximum absolute atomic E-state index is 13.8. The van der Waals surface area contributed by atoms with Crippen molar-refractivity contribution in [2.24, 2.45) is 0 Å². The van der Waals surface area contributed by atoms with Crippen molar-refractivity contribution in [3.05, 3.63) is 301 Å². The normalized spacial score (nSPS) is 10.2. The number of pyridine rings is 6. The Morgan fingerprint density at radius 1 is 0.305 bits per heavy atom. The molecule has 0 fully saturated rings. The van der Waals surface area contributed by atoms with Crippen molar-refractivity contribution >= 4 is 0 Å². The maximum atomic E-state index is 13.8. The van der Waals surface area contributed by atoms with Gasteiger partial charge in [0, 0.05) is 70.8 Å². The van der Waals surface area contributed by atoms with Crippen LogP contribution in [0.3, 0.4) is 0 Å².